The summed E-state index contributed by atoms with van der Waals surface area (Å²) in [5, 5.41) is 3.24. The van der Waals surface area contributed by atoms with Crippen LogP contribution in [0.4, 0.5) is 5.82 Å². The third-order valence-corrected chi connectivity index (χ3v) is 3.81. The molecular formula is C12H15N5O2. The van der Waals surface area contributed by atoms with Crippen molar-refractivity contribution in [2.45, 2.75) is 25.9 Å². The summed E-state index contributed by atoms with van der Waals surface area (Å²) < 4.78 is 8.97. The molecular weight excluding hydrogens is 246 g/mol. The number of hydrogen-bond acceptors (Lipinski definition) is 5. The first kappa shape index (κ1) is 11.0. The Morgan fingerprint density at radius 1 is 1.42 bits per heavy atom. The minimum Gasteiger partial charge on any atom is -0.379 e. The van der Waals surface area contributed by atoms with E-state index in [1.54, 1.807) is 9.13 Å². The number of anilines is 1. The predicted molar refractivity (Wildman–Crippen MR) is 69.5 cm³/mol. The van der Waals surface area contributed by atoms with E-state index >= 15 is 0 Å². The Labute approximate surface area is 109 Å². The number of aromatic nitrogens is 4. The second-order valence-corrected chi connectivity index (χ2v) is 5.04. The Hall–Kier alpha value is -1.89. The molecule has 0 bridgehead atoms. The number of imidazole rings is 1. The van der Waals surface area contributed by atoms with E-state index in [1.165, 1.54) is 0 Å². The van der Waals surface area contributed by atoms with E-state index in [1.807, 2.05) is 6.92 Å². The Morgan fingerprint density at radius 3 is 3.11 bits per heavy atom. The SMILES string of the molecule is Cc1nc2c3c(n1)n(C1CCOC1)c(=O)n3CCN2. The highest BCUT2D eigenvalue weighted by molar-refractivity contribution is 5.84. The molecule has 100 valence electrons. The quantitative estimate of drug-likeness (QED) is 0.798. The van der Waals surface area contributed by atoms with Crippen molar-refractivity contribution in [1.29, 1.82) is 0 Å². The maximum atomic E-state index is 12.6. The largest absolute Gasteiger partial charge is 0.379 e. The van der Waals surface area contributed by atoms with E-state index in [9.17, 15) is 4.79 Å². The van der Waals surface area contributed by atoms with E-state index < -0.39 is 0 Å². The molecule has 1 saturated heterocycles. The molecule has 2 aliphatic rings. The molecule has 2 aromatic heterocycles. The molecule has 1 unspecified atom stereocenters. The smallest absolute Gasteiger partial charge is 0.330 e. The molecule has 2 aromatic rings. The molecule has 2 aliphatic heterocycles. The highest BCUT2D eigenvalue weighted by Gasteiger charge is 2.28. The topological polar surface area (TPSA) is 74.0 Å². The van der Waals surface area contributed by atoms with Crippen molar-refractivity contribution in [2.24, 2.45) is 0 Å². The Balaban J connectivity index is 2.08. The van der Waals surface area contributed by atoms with E-state index in [-0.39, 0.29) is 11.7 Å². The first-order valence-electron chi connectivity index (χ1n) is 6.56. The molecule has 1 atom stereocenters. The molecule has 0 saturated carbocycles. The molecule has 0 radical (unpaired) electrons. The lowest BCUT2D eigenvalue weighted by Gasteiger charge is -2.14. The molecule has 0 spiro atoms. The lowest BCUT2D eigenvalue weighted by atomic mass is 10.2. The zero-order valence-electron chi connectivity index (χ0n) is 10.7. The van der Waals surface area contributed by atoms with Crippen molar-refractivity contribution in [3.05, 3.63) is 16.3 Å². The van der Waals surface area contributed by atoms with Gasteiger partial charge < -0.3 is 10.1 Å². The van der Waals surface area contributed by atoms with Crippen LogP contribution < -0.4 is 11.0 Å². The molecule has 19 heavy (non-hydrogen) atoms. The Bertz CT molecular complexity index is 711. The zero-order chi connectivity index (χ0) is 13.0. The molecule has 0 amide bonds. The normalized spacial score (nSPS) is 21.8. The third kappa shape index (κ3) is 1.45. The maximum absolute atomic E-state index is 12.6. The summed E-state index contributed by atoms with van der Waals surface area (Å²) in [6, 6.07) is 0.0940. The highest BCUT2D eigenvalue weighted by atomic mass is 16.5. The first-order chi connectivity index (χ1) is 9.25. The Kier molecular flexibility index (Phi) is 2.20. The van der Waals surface area contributed by atoms with Gasteiger partial charge in [0.25, 0.3) is 0 Å². The molecule has 1 N–H and O–H groups in total. The van der Waals surface area contributed by atoms with Crippen LogP contribution >= 0.6 is 0 Å². The van der Waals surface area contributed by atoms with Crippen molar-refractivity contribution in [3.8, 4) is 0 Å². The third-order valence-electron chi connectivity index (χ3n) is 3.81. The lowest BCUT2D eigenvalue weighted by Crippen LogP contribution is -2.30. The molecule has 7 heteroatoms. The molecule has 4 rings (SSSR count). The van der Waals surface area contributed by atoms with Crippen molar-refractivity contribution in [1.82, 2.24) is 19.1 Å². The van der Waals surface area contributed by atoms with Crippen LogP contribution in [0.25, 0.3) is 11.2 Å². The van der Waals surface area contributed by atoms with Gasteiger partial charge in [0.05, 0.1) is 12.6 Å². The van der Waals surface area contributed by atoms with Gasteiger partial charge in [0.15, 0.2) is 11.5 Å². The van der Waals surface area contributed by atoms with Crippen molar-refractivity contribution in [2.75, 3.05) is 25.1 Å². The number of rotatable bonds is 1. The van der Waals surface area contributed by atoms with Gasteiger partial charge in [-0.15, -0.1) is 0 Å². The summed E-state index contributed by atoms with van der Waals surface area (Å²) in [6.45, 7) is 4.53. The van der Waals surface area contributed by atoms with Crippen LogP contribution in [0.3, 0.4) is 0 Å². The van der Waals surface area contributed by atoms with Gasteiger partial charge in [-0.05, 0) is 13.3 Å². The number of hydrogen-bond donors (Lipinski definition) is 1. The fourth-order valence-corrected chi connectivity index (χ4v) is 2.96. The zero-order valence-corrected chi connectivity index (χ0v) is 10.7. The molecule has 4 heterocycles. The predicted octanol–water partition coefficient (Wildman–Crippen LogP) is 0.288. The van der Waals surface area contributed by atoms with E-state index in [4.69, 9.17) is 4.74 Å². The number of ether oxygens (including phenoxy) is 1. The van der Waals surface area contributed by atoms with Gasteiger partial charge in [-0.25, -0.2) is 14.8 Å². The van der Waals surface area contributed by atoms with Crippen LogP contribution in [-0.4, -0.2) is 38.9 Å². The van der Waals surface area contributed by atoms with E-state index in [2.05, 4.69) is 15.3 Å². The minimum atomic E-state index is 0.00755. The monoisotopic (exact) mass is 261 g/mol. The van der Waals surface area contributed by atoms with Crippen molar-refractivity contribution < 1.29 is 4.74 Å². The molecule has 1 fully saturated rings. The number of nitrogens with zero attached hydrogens (tertiary/aromatic N) is 4. The van der Waals surface area contributed by atoms with Crippen LogP contribution in [0.1, 0.15) is 18.3 Å². The fraction of sp³-hybridized carbons (Fsp3) is 0.583. The Morgan fingerprint density at radius 2 is 2.32 bits per heavy atom. The highest BCUT2D eigenvalue weighted by Crippen LogP contribution is 2.27. The number of aryl methyl sites for hydroxylation is 1. The molecule has 7 nitrogen and oxygen atoms in total. The summed E-state index contributed by atoms with van der Waals surface area (Å²) >= 11 is 0. The first-order valence-corrected chi connectivity index (χ1v) is 6.56. The van der Waals surface area contributed by atoms with Crippen LogP contribution in [-0.2, 0) is 11.3 Å². The second kappa shape index (κ2) is 3.80. The van der Waals surface area contributed by atoms with Crippen LogP contribution in [0.2, 0.25) is 0 Å². The van der Waals surface area contributed by atoms with Crippen LogP contribution in [0, 0.1) is 6.92 Å². The summed E-state index contributed by atoms with van der Waals surface area (Å²) in [5.41, 5.74) is 1.57. The average molecular weight is 261 g/mol. The van der Waals surface area contributed by atoms with Gasteiger partial charge in [-0.1, -0.05) is 0 Å². The van der Waals surface area contributed by atoms with Gasteiger partial charge in [-0.3, -0.25) is 9.13 Å². The summed E-state index contributed by atoms with van der Waals surface area (Å²) in [6.07, 6.45) is 0.866. The summed E-state index contributed by atoms with van der Waals surface area (Å²) in [4.78, 5) is 21.4. The molecule has 0 aromatic carbocycles. The lowest BCUT2D eigenvalue weighted by molar-refractivity contribution is 0.186. The van der Waals surface area contributed by atoms with E-state index in [0.29, 0.717) is 25.6 Å². The number of nitrogens with one attached hydrogen (secondary N) is 1. The minimum absolute atomic E-state index is 0.00755. The maximum Gasteiger partial charge on any atom is 0.330 e. The summed E-state index contributed by atoms with van der Waals surface area (Å²) in [5.74, 6) is 1.45. The van der Waals surface area contributed by atoms with Gasteiger partial charge in [-0.2, -0.15) is 0 Å². The van der Waals surface area contributed by atoms with Gasteiger partial charge >= 0.3 is 5.69 Å². The van der Waals surface area contributed by atoms with Crippen LogP contribution in [0.5, 0.6) is 0 Å². The van der Waals surface area contributed by atoms with Gasteiger partial charge in [0.2, 0.25) is 0 Å². The fourth-order valence-electron chi connectivity index (χ4n) is 2.96. The van der Waals surface area contributed by atoms with Crippen LogP contribution in [0.15, 0.2) is 4.79 Å². The van der Waals surface area contributed by atoms with Crippen molar-refractivity contribution >= 4 is 17.0 Å². The molecule has 0 aliphatic carbocycles. The van der Waals surface area contributed by atoms with E-state index in [0.717, 1.165) is 29.9 Å². The standard InChI is InChI=1S/C12H15N5O2/c1-7-14-10-9-11(15-7)17(8-2-5-19-6-8)12(18)16(9)4-3-13-10/h8H,2-6H2,1H3,(H,13,14,15). The average Bonchev–Trinajstić information content (AvgIpc) is 2.99. The second-order valence-electron chi connectivity index (χ2n) is 5.04. The summed E-state index contributed by atoms with van der Waals surface area (Å²) in [7, 11) is 0. The van der Waals surface area contributed by atoms with Crippen molar-refractivity contribution in [3.63, 3.8) is 0 Å². The van der Waals surface area contributed by atoms with Gasteiger partial charge in [0, 0.05) is 19.7 Å². The van der Waals surface area contributed by atoms with Gasteiger partial charge in [0.1, 0.15) is 11.3 Å².